The summed E-state index contributed by atoms with van der Waals surface area (Å²) in [5.41, 5.74) is 1.99. The molecule has 0 bridgehead atoms. The zero-order chi connectivity index (χ0) is 16.6. The van der Waals surface area contributed by atoms with E-state index >= 15 is 0 Å². The molecule has 0 aliphatic heterocycles. The fourth-order valence-corrected chi connectivity index (χ4v) is 2.65. The van der Waals surface area contributed by atoms with Crippen molar-refractivity contribution in [3.8, 4) is 11.1 Å². The number of benzene rings is 2. The van der Waals surface area contributed by atoms with Crippen molar-refractivity contribution < 1.29 is 14.8 Å². The number of non-ortho nitro benzene ring substituents is 1. The molecule has 2 aromatic carbocycles. The van der Waals surface area contributed by atoms with Crippen molar-refractivity contribution in [3.05, 3.63) is 69.9 Å². The molecule has 0 amide bonds. The van der Waals surface area contributed by atoms with Crippen LogP contribution in [0.25, 0.3) is 22.0 Å². The van der Waals surface area contributed by atoms with Gasteiger partial charge in [-0.25, -0.2) is 4.79 Å². The first kappa shape index (κ1) is 14.6. The van der Waals surface area contributed by atoms with Crippen molar-refractivity contribution in [1.82, 2.24) is 4.98 Å². The van der Waals surface area contributed by atoms with Gasteiger partial charge in [0.2, 0.25) is 0 Å². The molecule has 1 N–H and O–H groups in total. The van der Waals surface area contributed by atoms with E-state index in [0.717, 1.165) is 0 Å². The summed E-state index contributed by atoms with van der Waals surface area (Å²) in [7, 11) is 0. The number of carboxylic acid groups (broad SMARTS) is 1. The summed E-state index contributed by atoms with van der Waals surface area (Å²) >= 11 is 0. The highest BCUT2D eigenvalue weighted by molar-refractivity contribution is 6.07. The van der Waals surface area contributed by atoms with Gasteiger partial charge in [-0.2, -0.15) is 0 Å². The van der Waals surface area contributed by atoms with Crippen molar-refractivity contribution in [2.75, 3.05) is 0 Å². The standard InChI is InChI=1S/C17H12N2O4/c1-10-15(17(20)21)16(11-5-3-2-4-6-11)13-9-12(19(22)23)7-8-14(13)18-10/h2-9H,1H3,(H,20,21). The molecule has 0 atom stereocenters. The summed E-state index contributed by atoms with van der Waals surface area (Å²) in [6, 6.07) is 13.2. The number of aryl methyl sites for hydroxylation is 1. The first-order valence-corrected chi connectivity index (χ1v) is 6.86. The Kier molecular flexibility index (Phi) is 3.50. The Balaban J connectivity index is 2.48. The lowest BCUT2D eigenvalue weighted by Gasteiger charge is -2.13. The second-order valence-corrected chi connectivity index (χ2v) is 5.08. The van der Waals surface area contributed by atoms with Crippen LogP contribution in [0.2, 0.25) is 0 Å². The van der Waals surface area contributed by atoms with E-state index < -0.39 is 10.9 Å². The van der Waals surface area contributed by atoms with E-state index in [1.165, 1.54) is 12.1 Å². The third-order valence-corrected chi connectivity index (χ3v) is 3.64. The number of nitro groups is 1. The number of nitro benzene ring substituents is 1. The first-order valence-electron chi connectivity index (χ1n) is 6.86. The van der Waals surface area contributed by atoms with Gasteiger partial charge < -0.3 is 5.11 Å². The van der Waals surface area contributed by atoms with Gasteiger partial charge in [0.15, 0.2) is 0 Å². The quantitative estimate of drug-likeness (QED) is 0.586. The lowest BCUT2D eigenvalue weighted by molar-refractivity contribution is -0.384. The van der Waals surface area contributed by atoms with Crippen molar-refractivity contribution in [1.29, 1.82) is 0 Å². The smallest absolute Gasteiger partial charge is 0.338 e. The minimum Gasteiger partial charge on any atom is -0.478 e. The SMILES string of the molecule is Cc1nc2ccc([N+](=O)[O-])cc2c(-c2ccccc2)c1C(=O)O. The fourth-order valence-electron chi connectivity index (χ4n) is 2.65. The van der Waals surface area contributed by atoms with E-state index in [-0.39, 0.29) is 11.3 Å². The number of carboxylic acids is 1. The number of rotatable bonds is 3. The van der Waals surface area contributed by atoms with Gasteiger partial charge in [-0.1, -0.05) is 30.3 Å². The van der Waals surface area contributed by atoms with Gasteiger partial charge in [-0.3, -0.25) is 15.1 Å². The highest BCUT2D eigenvalue weighted by Crippen LogP contribution is 2.34. The van der Waals surface area contributed by atoms with Gasteiger partial charge in [-0.15, -0.1) is 0 Å². The molecule has 1 heterocycles. The highest BCUT2D eigenvalue weighted by atomic mass is 16.6. The first-order chi connectivity index (χ1) is 11.0. The van der Waals surface area contributed by atoms with Gasteiger partial charge in [0, 0.05) is 23.1 Å². The van der Waals surface area contributed by atoms with E-state index in [1.807, 2.05) is 6.07 Å². The molecule has 1 aromatic heterocycles. The monoisotopic (exact) mass is 308 g/mol. The molecule has 23 heavy (non-hydrogen) atoms. The molecule has 0 aliphatic carbocycles. The normalized spacial score (nSPS) is 10.7. The average Bonchev–Trinajstić information content (AvgIpc) is 2.53. The summed E-state index contributed by atoms with van der Waals surface area (Å²) < 4.78 is 0. The van der Waals surface area contributed by atoms with E-state index in [1.54, 1.807) is 37.3 Å². The lowest BCUT2D eigenvalue weighted by Crippen LogP contribution is -2.06. The minimum absolute atomic E-state index is 0.0594. The van der Waals surface area contributed by atoms with Crippen LogP contribution < -0.4 is 0 Å². The number of hydrogen-bond acceptors (Lipinski definition) is 4. The van der Waals surface area contributed by atoms with E-state index in [0.29, 0.717) is 27.7 Å². The van der Waals surface area contributed by atoms with Gasteiger partial charge in [-0.05, 0) is 18.6 Å². The Hall–Kier alpha value is -3.28. The number of aromatic carboxylic acids is 1. The van der Waals surface area contributed by atoms with Crippen LogP contribution in [0.4, 0.5) is 5.69 Å². The van der Waals surface area contributed by atoms with Gasteiger partial charge >= 0.3 is 5.97 Å². The topological polar surface area (TPSA) is 93.3 Å². The summed E-state index contributed by atoms with van der Waals surface area (Å²) in [5.74, 6) is -1.11. The second kappa shape index (κ2) is 5.49. The predicted molar refractivity (Wildman–Crippen MR) is 85.5 cm³/mol. The number of aromatic nitrogens is 1. The van der Waals surface area contributed by atoms with Crippen LogP contribution in [0.3, 0.4) is 0 Å². The number of hydrogen-bond donors (Lipinski definition) is 1. The van der Waals surface area contributed by atoms with Crippen LogP contribution in [-0.2, 0) is 0 Å². The Labute approximate surface area is 131 Å². The third-order valence-electron chi connectivity index (χ3n) is 3.64. The molecule has 0 saturated heterocycles. The van der Waals surface area contributed by atoms with Crippen LogP contribution >= 0.6 is 0 Å². The largest absolute Gasteiger partial charge is 0.478 e. The van der Waals surface area contributed by atoms with Crippen LogP contribution in [-0.4, -0.2) is 21.0 Å². The Bertz CT molecular complexity index is 936. The van der Waals surface area contributed by atoms with Crippen molar-refractivity contribution in [2.45, 2.75) is 6.92 Å². The maximum Gasteiger partial charge on any atom is 0.338 e. The average molecular weight is 308 g/mol. The van der Waals surface area contributed by atoms with Crippen molar-refractivity contribution >= 4 is 22.6 Å². The third kappa shape index (κ3) is 2.50. The molecule has 3 aromatic rings. The summed E-state index contributed by atoms with van der Waals surface area (Å²) in [6.45, 7) is 1.62. The van der Waals surface area contributed by atoms with E-state index in [2.05, 4.69) is 4.98 Å². The van der Waals surface area contributed by atoms with E-state index in [9.17, 15) is 20.0 Å². The summed E-state index contributed by atoms with van der Waals surface area (Å²) in [6.07, 6.45) is 0. The molecular weight excluding hydrogens is 296 g/mol. The van der Waals surface area contributed by atoms with Crippen molar-refractivity contribution in [3.63, 3.8) is 0 Å². The summed E-state index contributed by atoms with van der Waals surface area (Å²) in [5, 5.41) is 21.1. The van der Waals surface area contributed by atoms with Gasteiger partial charge in [0.05, 0.1) is 21.7 Å². The molecule has 6 nitrogen and oxygen atoms in total. The fraction of sp³-hybridized carbons (Fsp3) is 0.0588. The molecule has 3 rings (SSSR count). The number of nitrogens with zero attached hydrogens (tertiary/aromatic N) is 2. The zero-order valence-corrected chi connectivity index (χ0v) is 12.2. The Morgan fingerprint density at radius 2 is 1.87 bits per heavy atom. The van der Waals surface area contributed by atoms with E-state index in [4.69, 9.17) is 0 Å². The molecule has 0 radical (unpaired) electrons. The van der Waals surface area contributed by atoms with Crippen LogP contribution in [0, 0.1) is 17.0 Å². The predicted octanol–water partition coefficient (Wildman–Crippen LogP) is 3.82. The molecule has 0 fully saturated rings. The maximum absolute atomic E-state index is 11.7. The number of carbonyl (C=O) groups is 1. The summed E-state index contributed by atoms with van der Waals surface area (Å²) in [4.78, 5) is 26.5. The molecule has 0 saturated carbocycles. The van der Waals surface area contributed by atoms with Crippen LogP contribution in [0.15, 0.2) is 48.5 Å². The number of pyridine rings is 1. The number of fused-ring (bicyclic) bond motifs is 1. The van der Waals surface area contributed by atoms with Crippen LogP contribution in [0.1, 0.15) is 16.1 Å². The van der Waals surface area contributed by atoms with Crippen LogP contribution in [0.5, 0.6) is 0 Å². The highest BCUT2D eigenvalue weighted by Gasteiger charge is 2.21. The molecule has 0 unspecified atom stereocenters. The molecule has 114 valence electrons. The van der Waals surface area contributed by atoms with Gasteiger partial charge in [0.25, 0.3) is 5.69 Å². The Morgan fingerprint density at radius 3 is 2.48 bits per heavy atom. The maximum atomic E-state index is 11.7. The van der Waals surface area contributed by atoms with Gasteiger partial charge in [0.1, 0.15) is 0 Å². The molecule has 6 heteroatoms. The van der Waals surface area contributed by atoms with Crippen molar-refractivity contribution in [2.24, 2.45) is 0 Å². The zero-order valence-electron chi connectivity index (χ0n) is 12.2. The second-order valence-electron chi connectivity index (χ2n) is 5.08. The molecule has 0 spiro atoms. The minimum atomic E-state index is -1.11. The molecular formula is C17H12N2O4. The Morgan fingerprint density at radius 1 is 1.17 bits per heavy atom. The molecule has 0 aliphatic rings. The lowest BCUT2D eigenvalue weighted by atomic mass is 9.94.